The fourth-order valence-electron chi connectivity index (χ4n) is 4.33. The summed E-state index contributed by atoms with van der Waals surface area (Å²) in [4.78, 5) is 52.5. The molecular weight excluding hydrogens is 384 g/mol. The number of carbonyl (C=O) groups excluding carboxylic acids is 4. The van der Waals surface area contributed by atoms with Crippen molar-refractivity contribution in [2.45, 2.75) is 25.3 Å². The molecule has 2 aliphatic rings. The average Bonchev–Trinajstić information content (AvgIpc) is 2.97. The zero-order valence-corrected chi connectivity index (χ0v) is 16.8. The molecule has 1 atom stereocenters. The number of benzene rings is 2. The molecule has 0 bridgehead atoms. The summed E-state index contributed by atoms with van der Waals surface area (Å²) in [6.45, 7) is 2.11. The molecule has 8 heteroatoms. The lowest BCUT2D eigenvalue weighted by atomic mass is 9.88. The smallest absolute Gasteiger partial charge is 0.325 e. The molecule has 0 spiro atoms. The first-order valence-electron chi connectivity index (χ1n) is 10.0. The van der Waals surface area contributed by atoms with Crippen molar-refractivity contribution in [2.24, 2.45) is 11.7 Å². The summed E-state index contributed by atoms with van der Waals surface area (Å²) in [5, 5.41) is 4.61. The normalized spacial score (nSPS) is 22.4. The highest BCUT2D eigenvalue weighted by Gasteiger charge is 2.50. The van der Waals surface area contributed by atoms with E-state index < -0.39 is 17.5 Å². The van der Waals surface area contributed by atoms with Gasteiger partial charge in [-0.2, -0.15) is 0 Å². The lowest BCUT2D eigenvalue weighted by Crippen LogP contribution is -2.47. The molecule has 30 heavy (non-hydrogen) atoms. The van der Waals surface area contributed by atoms with Crippen LogP contribution in [0.2, 0.25) is 0 Å². The van der Waals surface area contributed by atoms with Crippen molar-refractivity contribution in [3.63, 3.8) is 0 Å². The second kappa shape index (κ2) is 7.44. The number of nitrogens with two attached hydrogens (primary N) is 1. The summed E-state index contributed by atoms with van der Waals surface area (Å²) in [6, 6.07) is 12.7. The molecule has 0 saturated carbocycles. The van der Waals surface area contributed by atoms with E-state index in [0.717, 1.165) is 15.7 Å². The van der Waals surface area contributed by atoms with Crippen molar-refractivity contribution in [1.82, 2.24) is 15.1 Å². The van der Waals surface area contributed by atoms with Gasteiger partial charge in [0.1, 0.15) is 12.1 Å². The Balaban J connectivity index is 1.53. The first kappa shape index (κ1) is 19.9. The van der Waals surface area contributed by atoms with Crippen molar-refractivity contribution in [1.29, 1.82) is 0 Å². The lowest BCUT2D eigenvalue weighted by Gasteiger charge is -2.31. The highest BCUT2D eigenvalue weighted by atomic mass is 16.2. The Hall–Kier alpha value is -3.42. The number of nitrogens with one attached hydrogen (secondary N) is 1. The van der Waals surface area contributed by atoms with Crippen molar-refractivity contribution in [3.05, 3.63) is 48.0 Å². The minimum absolute atomic E-state index is 0.236. The first-order chi connectivity index (χ1) is 14.3. The monoisotopic (exact) mass is 408 g/mol. The number of primary amides is 1. The molecule has 2 aliphatic heterocycles. The zero-order chi connectivity index (χ0) is 21.5. The maximum Gasteiger partial charge on any atom is 0.325 e. The average molecular weight is 408 g/mol. The molecule has 2 fully saturated rings. The van der Waals surface area contributed by atoms with E-state index in [-0.39, 0.29) is 24.3 Å². The van der Waals surface area contributed by atoms with E-state index in [0.29, 0.717) is 31.5 Å². The Morgan fingerprint density at radius 2 is 1.77 bits per heavy atom. The number of hydrogen-bond acceptors (Lipinski definition) is 4. The van der Waals surface area contributed by atoms with Gasteiger partial charge >= 0.3 is 6.03 Å². The van der Waals surface area contributed by atoms with Gasteiger partial charge < -0.3 is 16.0 Å². The van der Waals surface area contributed by atoms with E-state index in [1.807, 2.05) is 42.5 Å². The number of amides is 5. The van der Waals surface area contributed by atoms with Crippen molar-refractivity contribution in [3.8, 4) is 0 Å². The van der Waals surface area contributed by atoms with E-state index in [4.69, 9.17) is 5.73 Å². The van der Waals surface area contributed by atoms with E-state index in [1.165, 1.54) is 0 Å². The van der Waals surface area contributed by atoms with Crippen molar-refractivity contribution in [2.75, 3.05) is 19.6 Å². The third kappa shape index (κ3) is 3.28. The number of urea groups is 1. The van der Waals surface area contributed by atoms with E-state index in [1.54, 1.807) is 11.8 Å². The van der Waals surface area contributed by atoms with Gasteiger partial charge in [-0.3, -0.25) is 19.3 Å². The number of hydrogen-bond donors (Lipinski definition) is 2. The lowest BCUT2D eigenvalue weighted by molar-refractivity contribution is -0.140. The molecule has 5 amide bonds. The molecule has 4 rings (SSSR count). The predicted octanol–water partition coefficient (Wildman–Crippen LogP) is 1.33. The van der Waals surface area contributed by atoms with Crippen LogP contribution in [0.15, 0.2) is 42.5 Å². The topological polar surface area (TPSA) is 113 Å². The standard InChI is InChI=1S/C22H24N4O4/c1-22(17-8-4-6-14-5-2-3-7-16(14)17)20(29)26(21(30)24-22)13-18(27)25-11-9-15(10-12-25)19(23)28/h2-8,15H,9-13H2,1H3,(H2,23,28)(H,24,30). The largest absolute Gasteiger partial charge is 0.369 e. The van der Waals surface area contributed by atoms with Gasteiger partial charge in [-0.1, -0.05) is 42.5 Å². The van der Waals surface area contributed by atoms with Gasteiger partial charge in [0.2, 0.25) is 11.8 Å². The SMILES string of the molecule is CC1(c2cccc3ccccc23)NC(=O)N(CC(=O)N2CCC(C(N)=O)CC2)C1=O. The van der Waals surface area contributed by atoms with Crippen LogP contribution in [-0.4, -0.2) is 53.2 Å². The first-order valence-corrected chi connectivity index (χ1v) is 10.0. The quantitative estimate of drug-likeness (QED) is 0.743. The number of rotatable bonds is 4. The fourth-order valence-corrected chi connectivity index (χ4v) is 4.33. The summed E-state index contributed by atoms with van der Waals surface area (Å²) < 4.78 is 0. The summed E-state index contributed by atoms with van der Waals surface area (Å²) in [5.41, 5.74) is 4.77. The number of piperidine rings is 1. The number of imide groups is 1. The second-order valence-electron chi connectivity index (χ2n) is 8.03. The van der Waals surface area contributed by atoms with Crippen LogP contribution in [0.1, 0.15) is 25.3 Å². The second-order valence-corrected chi connectivity index (χ2v) is 8.03. The summed E-state index contributed by atoms with van der Waals surface area (Å²) in [7, 11) is 0. The van der Waals surface area contributed by atoms with Gasteiger partial charge in [-0.05, 0) is 36.1 Å². The third-order valence-corrected chi connectivity index (χ3v) is 6.15. The Kier molecular flexibility index (Phi) is 4.93. The number of nitrogens with zero attached hydrogens (tertiary/aromatic N) is 2. The summed E-state index contributed by atoms with van der Waals surface area (Å²) >= 11 is 0. The molecule has 0 aromatic heterocycles. The van der Waals surface area contributed by atoms with Gasteiger partial charge in [0.15, 0.2) is 0 Å². The summed E-state index contributed by atoms with van der Waals surface area (Å²) in [5.74, 6) is -1.37. The van der Waals surface area contributed by atoms with Crippen LogP contribution >= 0.6 is 0 Å². The van der Waals surface area contributed by atoms with Crippen LogP contribution in [0.5, 0.6) is 0 Å². The van der Waals surface area contributed by atoms with Gasteiger partial charge in [0, 0.05) is 19.0 Å². The number of likely N-dealkylation sites (tertiary alicyclic amines) is 1. The molecule has 8 nitrogen and oxygen atoms in total. The van der Waals surface area contributed by atoms with Crippen LogP contribution in [-0.2, 0) is 19.9 Å². The van der Waals surface area contributed by atoms with Crippen molar-refractivity contribution < 1.29 is 19.2 Å². The van der Waals surface area contributed by atoms with E-state index >= 15 is 0 Å². The van der Waals surface area contributed by atoms with Crippen LogP contribution in [0.3, 0.4) is 0 Å². The Labute approximate surface area is 174 Å². The Morgan fingerprint density at radius 1 is 1.10 bits per heavy atom. The highest BCUT2D eigenvalue weighted by Crippen LogP contribution is 2.33. The van der Waals surface area contributed by atoms with Gasteiger partial charge in [-0.15, -0.1) is 0 Å². The molecule has 3 N–H and O–H groups in total. The minimum Gasteiger partial charge on any atom is -0.369 e. The molecule has 2 saturated heterocycles. The maximum absolute atomic E-state index is 13.3. The molecule has 0 radical (unpaired) electrons. The predicted molar refractivity (Wildman–Crippen MR) is 110 cm³/mol. The molecule has 156 valence electrons. The third-order valence-electron chi connectivity index (χ3n) is 6.15. The molecule has 2 aromatic rings. The minimum atomic E-state index is -1.25. The Bertz CT molecular complexity index is 1040. The number of carbonyl (C=O) groups is 4. The van der Waals surface area contributed by atoms with Gasteiger partial charge in [-0.25, -0.2) is 4.79 Å². The van der Waals surface area contributed by atoms with E-state index in [2.05, 4.69) is 5.32 Å². The molecular formula is C22H24N4O4. The molecule has 0 aliphatic carbocycles. The van der Waals surface area contributed by atoms with Crippen LogP contribution < -0.4 is 11.1 Å². The zero-order valence-electron chi connectivity index (χ0n) is 16.8. The van der Waals surface area contributed by atoms with Crippen LogP contribution in [0.25, 0.3) is 10.8 Å². The van der Waals surface area contributed by atoms with Crippen LogP contribution in [0.4, 0.5) is 4.79 Å². The van der Waals surface area contributed by atoms with Crippen molar-refractivity contribution >= 4 is 34.5 Å². The molecule has 2 aromatic carbocycles. The van der Waals surface area contributed by atoms with Gasteiger partial charge in [0.05, 0.1) is 0 Å². The van der Waals surface area contributed by atoms with E-state index in [9.17, 15) is 19.2 Å². The molecule has 1 unspecified atom stereocenters. The summed E-state index contributed by atoms with van der Waals surface area (Å²) in [6.07, 6.45) is 0.990. The Morgan fingerprint density at radius 3 is 2.47 bits per heavy atom. The molecule has 2 heterocycles. The number of fused-ring (bicyclic) bond motifs is 1. The highest BCUT2D eigenvalue weighted by molar-refractivity contribution is 6.10. The fraction of sp³-hybridized carbons (Fsp3) is 0.364. The van der Waals surface area contributed by atoms with Crippen LogP contribution in [0, 0.1) is 5.92 Å². The maximum atomic E-state index is 13.3. The van der Waals surface area contributed by atoms with Gasteiger partial charge in [0.25, 0.3) is 5.91 Å².